The first kappa shape index (κ1) is 13.0. The van der Waals surface area contributed by atoms with Gasteiger partial charge in [0.25, 0.3) is 0 Å². The summed E-state index contributed by atoms with van der Waals surface area (Å²) in [5, 5.41) is 0. The Hall–Kier alpha value is 0.01000. The van der Waals surface area contributed by atoms with E-state index in [9.17, 15) is 0 Å². The van der Waals surface area contributed by atoms with Crippen LogP contribution in [0.4, 0.5) is 0 Å². The minimum absolute atomic E-state index is 0. The van der Waals surface area contributed by atoms with E-state index in [4.69, 9.17) is 0 Å². The summed E-state index contributed by atoms with van der Waals surface area (Å²) >= 11 is 0. The molecule has 1 aliphatic heterocycles. The summed E-state index contributed by atoms with van der Waals surface area (Å²) in [6.07, 6.45) is 6.75. The van der Waals surface area contributed by atoms with Crippen LogP contribution < -0.4 is 0 Å². The lowest BCUT2D eigenvalue weighted by atomic mass is 9.85. The van der Waals surface area contributed by atoms with E-state index in [0.717, 1.165) is 13.1 Å². The molecule has 0 atom stereocenters. The molecule has 0 aromatic rings. The first-order valence-electron chi connectivity index (χ1n) is 4.67. The van der Waals surface area contributed by atoms with E-state index >= 15 is 0 Å². The lowest BCUT2D eigenvalue weighted by Gasteiger charge is -2.27. The van der Waals surface area contributed by atoms with Gasteiger partial charge in [-0.1, -0.05) is 26.8 Å². The zero-order chi connectivity index (χ0) is 9.19. The number of rotatable bonds is 1. The van der Waals surface area contributed by atoms with Gasteiger partial charge < -0.3 is 4.90 Å². The van der Waals surface area contributed by atoms with Crippen molar-refractivity contribution in [2.45, 2.75) is 27.7 Å². The van der Waals surface area contributed by atoms with Crippen LogP contribution in [0.3, 0.4) is 0 Å². The Bertz CT molecular complexity index is 211. The molecule has 0 aliphatic carbocycles. The first-order chi connectivity index (χ1) is 5.54. The van der Waals surface area contributed by atoms with E-state index in [2.05, 4.69) is 50.9 Å². The van der Waals surface area contributed by atoms with Gasteiger partial charge >= 0.3 is 0 Å². The fourth-order valence-corrected chi connectivity index (χ4v) is 1.32. The molecule has 0 amide bonds. The summed E-state index contributed by atoms with van der Waals surface area (Å²) in [4.78, 5) is 2.30. The summed E-state index contributed by atoms with van der Waals surface area (Å²) in [6.45, 7) is 11.1. The van der Waals surface area contributed by atoms with E-state index in [-0.39, 0.29) is 24.0 Å². The van der Waals surface area contributed by atoms with E-state index in [1.165, 1.54) is 5.57 Å². The molecule has 0 fully saturated rings. The minimum Gasteiger partial charge on any atom is -0.374 e. The molecule has 1 heterocycles. The molecule has 2 heteroatoms. The lowest BCUT2D eigenvalue weighted by Crippen LogP contribution is -2.22. The summed E-state index contributed by atoms with van der Waals surface area (Å²) in [5.41, 5.74) is 1.75. The van der Waals surface area contributed by atoms with Crippen LogP contribution in [0.25, 0.3) is 0 Å². The zero-order valence-electron chi connectivity index (χ0n) is 9.00. The largest absolute Gasteiger partial charge is 0.374 e. The Morgan fingerprint density at radius 2 is 2.00 bits per heavy atom. The maximum absolute atomic E-state index is 2.32. The van der Waals surface area contributed by atoms with Crippen molar-refractivity contribution in [3.8, 4) is 0 Å². The van der Waals surface area contributed by atoms with Crippen LogP contribution in [0.5, 0.6) is 0 Å². The van der Waals surface area contributed by atoms with Crippen molar-refractivity contribution in [1.82, 2.24) is 4.90 Å². The molecular weight excluding hydrogens is 273 g/mol. The van der Waals surface area contributed by atoms with Crippen molar-refractivity contribution < 1.29 is 0 Å². The third-order valence-corrected chi connectivity index (χ3v) is 2.28. The number of hydrogen-bond acceptors (Lipinski definition) is 1. The molecule has 0 bridgehead atoms. The third-order valence-electron chi connectivity index (χ3n) is 2.28. The second-order valence-corrected chi connectivity index (χ2v) is 4.31. The highest BCUT2D eigenvalue weighted by Crippen LogP contribution is 2.27. The number of nitrogens with zero attached hydrogens (tertiary/aromatic N) is 1. The molecule has 1 nitrogen and oxygen atoms in total. The number of halogens is 1. The van der Waals surface area contributed by atoms with Crippen molar-refractivity contribution in [1.29, 1.82) is 0 Å². The first-order valence-corrected chi connectivity index (χ1v) is 4.67. The second-order valence-electron chi connectivity index (χ2n) is 4.31. The van der Waals surface area contributed by atoms with E-state index in [0.29, 0.717) is 5.41 Å². The topological polar surface area (TPSA) is 3.24 Å². The maximum Gasteiger partial charge on any atom is 0.0359 e. The highest BCUT2D eigenvalue weighted by Gasteiger charge is 2.16. The monoisotopic (exact) mass is 293 g/mol. The van der Waals surface area contributed by atoms with E-state index < -0.39 is 0 Å². The van der Waals surface area contributed by atoms with Crippen LogP contribution in [0.15, 0.2) is 23.9 Å². The van der Waals surface area contributed by atoms with Gasteiger partial charge in [0.2, 0.25) is 0 Å². The molecule has 0 N–H and O–H groups in total. The molecule has 0 saturated carbocycles. The Morgan fingerprint density at radius 1 is 1.38 bits per heavy atom. The minimum atomic E-state index is 0. The van der Waals surface area contributed by atoms with Gasteiger partial charge in [0.15, 0.2) is 0 Å². The average Bonchev–Trinajstić information content (AvgIpc) is 2.03. The predicted molar refractivity (Wildman–Crippen MR) is 69.3 cm³/mol. The quantitative estimate of drug-likeness (QED) is 0.670. The maximum atomic E-state index is 2.32. The van der Waals surface area contributed by atoms with Gasteiger partial charge in [0.05, 0.1) is 0 Å². The van der Waals surface area contributed by atoms with Gasteiger partial charge in [0.1, 0.15) is 0 Å². The molecule has 13 heavy (non-hydrogen) atoms. The van der Waals surface area contributed by atoms with Crippen molar-refractivity contribution in [2.24, 2.45) is 5.41 Å². The average molecular weight is 293 g/mol. The molecule has 0 unspecified atom stereocenters. The number of allylic oxidation sites excluding steroid dienone is 2. The van der Waals surface area contributed by atoms with Crippen LogP contribution in [0.2, 0.25) is 0 Å². The van der Waals surface area contributed by atoms with Gasteiger partial charge in [-0.25, -0.2) is 0 Å². The fourth-order valence-electron chi connectivity index (χ4n) is 1.32. The Balaban J connectivity index is 0.00000144. The summed E-state index contributed by atoms with van der Waals surface area (Å²) in [6, 6.07) is 0. The predicted octanol–water partition coefficient (Wildman–Crippen LogP) is 3.43. The van der Waals surface area contributed by atoms with Crippen LogP contribution in [-0.2, 0) is 0 Å². The van der Waals surface area contributed by atoms with Crippen molar-refractivity contribution in [3.63, 3.8) is 0 Å². The normalized spacial score (nSPS) is 16.6. The van der Waals surface area contributed by atoms with Crippen LogP contribution in [0.1, 0.15) is 27.7 Å². The fraction of sp³-hybridized carbons (Fsp3) is 0.636. The van der Waals surface area contributed by atoms with Gasteiger partial charge in [-0.15, -0.1) is 24.0 Å². The SMILES string of the molecule is CCN1C=CC(C(C)(C)C)=CC1.I. The standard InChI is InChI=1S/C11H19N.HI/c1-5-12-8-6-10(7-9-12)11(2,3)4;/h6-8H,5,9H2,1-4H3;1H. The summed E-state index contributed by atoms with van der Waals surface area (Å²) in [5.74, 6) is 0. The van der Waals surface area contributed by atoms with Crippen molar-refractivity contribution in [3.05, 3.63) is 23.9 Å². The third kappa shape index (κ3) is 3.71. The Kier molecular flexibility index (Phi) is 5.04. The van der Waals surface area contributed by atoms with Gasteiger partial charge in [-0.3, -0.25) is 0 Å². The second kappa shape index (κ2) is 5.03. The van der Waals surface area contributed by atoms with E-state index in [1.807, 2.05) is 0 Å². The number of hydrogen-bond donors (Lipinski definition) is 0. The molecule has 1 aliphatic rings. The molecule has 0 spiro atoms. The molecule has 0 saturated heterocycles. The van der Waals surface area contributed by atoms with Crippen LogP contribution >= 0.6 is 24.0 Å². The van der Waals surface area contributed by atoms with Gasteiger partial charge in [-0.2, -0.15) is 0 Å². The molecule has 1 rings (SSSR count). The van der Waals surface area contributed by atoms with Crippen LogP contribution in [-0.4, -0.2) is 18.0 Å². The highest BCUT2D eigenvalue weighted by atomic mass is 127. The van der Waals surface area contributed by atoms with Crippen molar-refractivity contribution >= 4 is 24.0 Å². The van der Waals surface area contributed by atoms with E-state index in [1.54, 1.807) is 0 Å². The molecular formula is C11H20IN. The lowest BCUT2D eigenvalue weighted by molar-refractivity contribution is 0.419. The molecule has 0 radical (unpaired) electrons. The smallest absolute Gasteiger partial charge is 0.0359 e. The number of likely N-dealkylation sites (N-methyl/N-ethyl adjacent to an activating group) is 1. The summed E-state index contributed by atoms with van der Waals surface area (Å²) < 4.78 is 0. The van der Waals surface area contributed by atoms with Crippen LogP contribution in [0, 0.1) is 5.41 Å². The molecule has 0 aromatic carbocycles. The molecule has 76 valence electrons. The van der Waals surface area contributed by atoms with Gasteiger partial charge in [0, 0.05) is 13.1 Å². The van der Waals surface area contributed by atoms with Crippen molar-refractivity contribution in [2.75, 3.05) is 13.1 Å². The Labute approximate surface area is 98.9 Å². The van der Waals surface area contributed by atoms with Gasteiger partial charge in [-0.05, 0) is 30.2 Å². The summed E-state index contributed by atoms with van der Waals surface area (Å²) in [7, 11) is 0. The highest BCUT2D eigenvalue weighted by molar-refractivity contribution is 14.0. The molecule has 0 aromatic heterocycles. The Morgan fingerprint density at radius 3 is 2.31 bits per heavy atom. The zero-order valence-corrected chi connectivity index (χ0v) is 11.3.